The highest BCUT2D eigenvalue weighted by molar-refractivity contribution is 7.17. The second kappa shape index (κ2) is 5.34. The first-order valence-electron chi connectivity index (χ1n) is 6.68. The van der Waals surface area contributed by atoms with Crippen molar-refractivity contribution in [3.05, 3.63) is 46.9 Å². The van der Waals surface area contributed by atoms with Gasteiger partial charge in [0.05, 0.1) is 11.9 Å². The Morgan fingerprint density at radius 2 is 2.05 bits per heavy atom. The van der Waals surface area contributed by atoms with Gasteiger partial charge in [0.2, 0.25) is 0 Å². The molecule has 0 bridgehead atoms. The van der Waals surface area contributed by atoms with E-state index in [4.69, 9.17) is 5.73 Å². The van der Waals surface area contributed by atoms with Gasteiger partial charge in [0, 0.05) is 17.0 Å². The van der Waals surface area contributed by atoms with Crippen molar-refractivity contribution < 1.29 is 4.39 Å². The molecule has 3 rings (SSSR count). The molecule has 1 aromatic carbocycles. The summed E-state index contributed by atoms with van der Waals surface area (Å²) in [6, 6.07) is 6.64. The molecule has 0 unspecified atom stereocenters. The van der Waals surface area contributed by atoms with E-state index in [1.54, 1.807) is 11.3 Å². The Morgan fingerprint density at radius 1 is 1.30 bits per heavy atom. The molecule has 2 aromatic heterocycles. The normalized spacial score (nSPS) is 11.3. The Balaban J connectivity index is 2.25. The van der Waals surface area contributed by atoms with Crippen LogP contribution in [0.3, 0.4) is 0 Å². The lowest BCUT2D eigenvalue weighted by molar-refractivity contribution is 0.628. The second-order valence-corrected chi connectivity index (χ2v) is 5.70. The van der Waals surface area contributed by atoms with Gasteiger partial charge in [-0.1, -0.05) is 6.92 Å². The summed E-state index contributed by atoms with van der Waals surface area (Å²) in [6.45, 7) is 2.72. The van der Waals surface area contributed by atoms with Gasteiger partial charge in [0.1, 0.15) is 5.82 Å². The van der Waals surface area contributed by atoms with E-state index in [0.717, 1.165) is 34.8 Å². The molecule has 0 saturated heterocycles. The lowest BCUT2D eigenvalue weighted by atomic mass is 10.1. The number of fused-ring (bicyclic) bond motifs is 1. The van der Waals surface area contributed by atoms with Crippen LogP contribution in [0.5, 0.6) is 0 Å². The molecule has 0 saturated carbocycles. The monoisotopic (exact) mass is 289 g/mol. The fourth-order valence-corrected chi connectivity index (χ4v) is 3.50. The number of benzene rings is 1. The molecule has 0 aliphatic carbocycles. The summed E-state index contributed by atoms with van der Waals surface area (Å²) in [6.07, 6.45) is 3.60. The molecule has 0 fully saturated rings. The molecule has 2 N–H and O–H groups in total. The van der Waals surface area contributed by atoms with E-state index in [1.165, 1.54) is 17.0 Å². The highest BCUT2D eigenvalue weighted by atomic mass is 32.1. The lowest BCUT2D eigenvalue weighted by Gasteiger charge is -2.06. The van der Waals surface area contributed by atoms with Gasteiger partial charge >= 0.3 is 0 Å². The average Bonchev–Trinajstić information content (AvgIpc) is 3.00. The number of hydrogen-bond acceptors (Lipinski definition) is 3. The Bertz CT molecular complexity index is 727. The molecule has 0 atom stereocenters. The Labute approximate surface area is 120 Å². The smallest absolute Gasteiger partial charge is 0.194 e. The number of imidazole rings is 1. The van der Waals surface area contributed by atoms with E-state index in [9.17, 15) is 4.39 Å². The van der Waals surface area contributed by atoms with Gasteiger partial charge in [-0.25, -0.2) is 9.37 Å². The predicted octanol–water partition coefficient (Wildman–Crippen LogP) is 3.27. The van der Waals surface area contributed by atoms with Gasteiger partial charge in [-0.05, 0) is 42.8 Å². The number of aryl methyl sites for hydroxylation is 1. The molecule has 20 heavy (non-hydrogen) atoms. The SMILES string of the molecule is CCc1sc2ncc(CCN)n2c1-c1ccc(F)cc1. The Hall–Kier alpha value is -1.72. The lowest BCUT2D eigenvalue weighted by Crippen LogP contribution is -2.05. The average molecular weight is 289 g/mol. The molecule has 0 radical (unpaired) electrons. The van der Waals surface area contributed by atoms with Crippen molar-refractivity contribution in [3.8, 4) is 11.3 Å². The first-order valence-corrected chi connectivity index (χ1v) is 7.50. The number of aromatic nitrogens is 2. The van der Waals surface area contributed by atoms with Gasteiger partial charge in [0.15, 0.2) is 4.96 Å². The summed E-state index contributed by atoms with van der Waals surface area (Å²) in [5.41, 5.74) is 8.92. The van der Waals surface area contributed by atoms with E-state index in [1.807, 2.05) is 18.3 Å². The van der Waals surface area contributed by atoms with Crippen molar-refractivity contribution >= 4 is 16.3 Å². The molecule has 3 nitrogen and oxygen atoms in total. The minimum atomic E-state index is -0.217. The van der Waals surface area contributed by atoms with Crippen LogP contribution >= 0.6 is 11.3 Å². The van der Waals surface area contributed by atoms with Crippen LogP contribution in [0.2, 0.25) is 0 Å². The maximum Gasteiger partial charge on any atom is 0.194 e. The summed E-state index contributed by atoms with van der Waals surface area (Å²) in [7, 11) is 0. The van der Waals surface area contributed by atoms with Crippen LogP contribution in [0.1, 0.15) is 17.5 Å². The van der Waals surface area contributed by atoms with E-state index in [2.05, 4.69) is 16.3 Å². The number of halogens is 1. The highest BCUT2D eigenvalue weighted by Gasteiger charge is 2.16. The van der Waals surface area contributed by atoms with E-state index >= 15 is 0 Å². The van der Waals surface area contributed by atoms with E-state index in [-0.39, 0.29) is 5.82 Å². The number of thiazole rings is 1. The minimum absolute atomic E-state index is 0.217. The Kier molecular flexibility index (Phi) is 3.54. The van der Waals surface area contributed by atoms with Gasteiger partial charge in [0.25, 0.3) is 0 Å². The summed E-state index contributed by atoms with van der Waals surface area (Å²) in [5.74, 6) is -0.217. The second-order valence-electron chi connectivity index (χ2n) is 4.64. The maximum absolute atomic E-state index is 13.1. The minimum Gasteiger partial charge on any atom is -0.330 e. The van der Waals surface area contributed by atoms with Crippen molar-refractivity contribution in [1.82, 2.24) is 9.38 Å². The van der Waals surface area contributed by atoms with E-state index < -0.39 is 0 Å². The largest absolute Gasteiger partial charge is 0.330 e. The predicted molar refractivity (Wildman–Crippen MR) is 80.6 cm³/mol. The standard InChI is InChI=1S/C15H16FN3S/c1-2-13-14(10-3-5-11(16)6-4-10)19-12(7-8-17)9-18-15(19)20-13/h3-6,9H,2,7-8,17H2,1H3. The summed E-state index contributed by atoms with van der Waals surface area (Å²) < 4.78 is 15.3. The molecule has 104 valence electrons. The van der Waals surface area contributed by atoms with Crippen molar-refractivity contribution in [1.29, 1.82) is 0 Å². The van der Waals surface area contributed by atoms with Crippen LogP contribution in [0.25, 0.3) is 16.2 Å². The van der Waals surface area contributed by atoms with Gasteiger partial charge in [-0.3, -0.25) is 4.40 Å². The van der Waals surface area contributed by atoms with Gasteiger partial charge in [-0.2, -0.15) is 0 Å². The molecule has 0 spiro atoms. The molecule has 0 amide bonds. The zero-order chi connectivity index (χ0) is 14.1. The van der Waals surface area contributed by atoms with Gasteiger partial charge < -0.3 is 5.73 Å². The van der Waals surface area contributed by atoms with Crippen molar-refractivity contribution in [2.24, 2.45) is 5.73 Å². The number of nitrogens with zero attached hydrogens (tertiary/aromatic N) is 2. The molecular formula is C15H16FN3S. The van der Waals surface area contributed by atoms with Gasteiger partial charge in [-0.15, -0.1) is 11.3 Å². The summed E-state index contributed by atoms with van der Waals surface area (Å²) >= 11 is 1.69. The Morgan fingerprint density at radius 3 is 2.70 bits per heavy atom. The quantitative estimate of drug-likeness (QED) is 0.801. The summed E-state index contributed by atoms with van der Waals surface area (Å²) in [5, 5.41) is 0. The van der Waals surface area contributed by atoms with Crippen molar-refractivity contribution in [3.63, 3.8) is 0 Å². The number of hydrogen-bond donors (Lipinski definition) is 1. The van der Waals surface area contributed by atoms with E-state index in [0.29, 0.717) is 6.54 Å². The molecule has 5 heteroatoms. The molecule has 2 heterocycles. The topological polar surface area (TPSA) is 43.3 Å². The van der Waals surface area contributed by atoms with Crippen LogP contribution in [0.15, 0.2) is 30.5 Å². The maximum atomic E-state index is 13.1. The summed E-state index contributed by atoms with van der Waals surface area (Å²) in [4.78, 5) is 6.70. The molecule has 3 aromatic rings. The first kappa shape index (κ1) is 13.3. The first-order chi connectivity index (χ1) is 9.74. The van der Waals surface area contributed by atoms with Crippen LogP contribution in [-0.4, -0.2) is 15.9 Å². The molecular weight excluding hydrogens is 273 g/mol. The molecule has 0 aliphatic heterocycles. The number of rotatable bonds is 4. The fourth-order valence-electron chi connectivity index (χ4n) is 2.42. The number of nitrogens with two attached hydrogens (primary N) is 1. The van der Waals surface area contributed by atoms with Crippen LogP contribution in [-0.2, 0) is 12.8 Å². The van der Waals surface area contributed by atoms with Crippen molar-refractivity contribution in [2.75, 3.05) is 6.54 Å². The fraction of sp³-hybridized carbons (Fsp3) is 0.267. The zero-order valence-electron chi connectivity index (χ0n) is 11.3. The van der Waals surface area contributed by atoms with Crippen LogP contribution in [0, 0.1) is 5.82 Å². The zero-order valence-corrected chi connectivity index (χ0v) is 12.1. The molecule has 0 aliphatic rings. The third-order valence-electron chi connectivity index (χ3n) is 3.34. The highest BCUT2D eigenvalue weighted by Crippen LogP contribution is 2.33. The third-order valence-corrected chi connectivity index (χ3v) is 4.54. The van der Waals surface area contributed by atoms with Crippen LogP contribution < -0.4 is 5.73 Å². The third kappa shape index (κ3) is 2.13. The van der Waals surface area contributed by atoms with Crippen molar-refractivity contribution in [2.45, 2.75) is 19.8 Å². The van der Waals surface area contributed by atoms with Crippen LogP contribution in [0.4, 0.5) is 4.39 Å².